The van der Waals surface area contributed by atoms with Crippen molar-refractivity contribution in [3.05, 3.63) is 29.0 Å². The zero-order valence-corrected chi connectivity index (χ0v) is 10.2. The van der Waals surface area contributed by atoms with E-state index in [0.29, 0.717) is 18.2 Å². The second-order valence-corrected chi connectivity index (χ2v) is 4.43. The highest BCUT2D eigenvalue weighted by Gasteiger charge is 2.26. The van der Waals surface area contributed by atoms with E-state index in [0.717, 1.165) is 18.8 Å². The number of carbonyl (C=O) groups excluding carboxylic acids is 1. The molecule has 0 bridgehead atoms. The molecule has 3 N–H and O–H groups in total. The molecule has 6 heteroatoms. The van der Waals surface area contributed by atoms with E-state index < -0.39 is 0 Å². The van der Waals surface area contributed by atoms with Gasteiger partial charge in [0.15, 0.2) is 0 Å². The number of halogens is 1. The van der Waals surface area contributed by atoms with Gasteiger partial charge < -0.3 is 11.1 Å². The number of aromatic nitrogens is 1. The number of pyridine rings is 1. The van der Waals surface area contributed by atoms with Crippen molar-refractivity contribution >= 4 is 17.5 Å². The summed E-state index contributed by atoms with van der Waals surface area (Å²) >= 11 is 5.83. The quantitative estimate of drug-likeness (QED) is 0.745. The van der Waals surface area contributed by atoms with Gasteiger partial charge in [0.05, 0.1) is 5.69 Å². The van der Waals surface area contributed by atoms with Crippen LogP contribution in [0.5, 0.6) is 0 Å². The fourth-order valence-corrected chi connectivity index (χ4v) is 2.14. The largest absolute Gasteiger partial charge is 0.368 e. The first kappa shape index (κ1) is 12.3. The van der Waals surface area contributed by atoms with E-state index in [1.165, 1.54) is 0 Å². The summed E-state index contributed by atoms with van der Waals surface area (Å²) in [6.07, 6.45) is 0. The molecule has 1 aromatic rings. The first-order valence-corrected chi connectivity index (χ1v) is 5.90. The van der Waals surface area contributed by atoms with Gasteiger partial charge in [-0.3, -0.25) is 9.69 Å². The Morgan fingerprint density at radius 3 is 3.18 bits per heavy atom. The lowest BCUT2D eigenvalue weighted by atomic mass is 10.1. The van der Waals surface area contributed by atoms with Crippen molar-refractivity contribution in [3.63, 3.8) is 0 Å². The van der Waals surface area contributed by atoms with Crippen molar-refractivity contribution in [3.8, 4) is 0 Å². The normalized spacial score (nSPS) is 21.4. The lowest BCUT2D eigenvalue weighted by Crippen LogP contribution is -2.56. The number of hydrogen-bond donors (Lipinski definition) is 2. The van der Waals surface area contributed by atoms with Crippen molar-refractivity contribution < 1.29 is 4.79 Å². The maximum absolute atomic E-state index is 11.3. The summed E-state index contributed by atoms with van der Waals surface area (Å²) in [6.45, 7) is 2.82. The number of hydrogen-bond acceptors (Lipinski definition) is 4. The summed E-state index contributed by atoms with van der Waals surface area (Å²) < 4.78 is 0. The number of nitrogens with one attached hydrogen (secondary N) is 1. The van der Waals surface area contributed by atoms with Crippen molar-refractivity contribution in [2.45, 2.75) is 12.6 Å². The van der Waals surface area contributed by atoms with Crippen molar-refractivity contribution in [2.24, 2.45) is 5.73 Å². The van der Waals surface area contributed by atoms with Crippen LogP contribution in [0.3, 0.4) is 0 Å². The molecule has 0 saturated carbocycles. The molecule has 1 fully saturated rings. The Hall–Kier alpha value is -1.17. The van der Waals surface area contributed by atoms with E-state index in [9.17, 15) is 4.79 Å². The van der Waals surface area contributed by atoms with Crippen molar-refractivity contribution in [2.75, 3.05) is 19.6 Å². The Balaban J connectivity index is 2.08. The average molecular weight is 255 g/mol. The fraction of sp³-hybridized carbons (Fsp3) is 0.455. The fourth-order valence-electron chi connectivity index (χ4n) is 1.96. The molecule has 1 aromatic heterocycles. The second kappa shape index (κ2) is 5.44. The minimum Gasteiger partial charge on any atom is -0.368 e. The molecule has 1 amide bonds. The third-order valence-electron chi connectivity index (χ3n) is 2.82. The number of primary amides is 1. The van der Waals surface area contributed by atoms with Gasteiger partial charge in [0.25, 0.3) is 0 Å². The minimum absolute atomic E-state index is 0.274. The molecule has 1 saturated heterocycles. The molecule has 0 spiro atoms. The molecule has 92 valence electrons. The summed E-state index contributed by atoms with van der Waals surface area (Å²) in [5.41, 5.74) is 6.23. The van der Waals surface area contributed by atoms with Gasteiger partial charge >= 0.3 is 0 Å². The predicted molar refractivity (Wildman–Crippen MR) is 65.5 cm³/mol. The molecule has 1 atom stereocenters. The Morgan fingerprint density at radius 2 is 2.47 bits per heavy atom. The van der Waals surface area contributed by atoms with Crippen molar-refractivity contribution in [1.82, 2.24) is 15.2 Å². The average Bonchev–Trinajstić information content (AvgIpc) is 2.29. The van der Waals surface area contributed by atoms with Crippen molar-refractivity contribution in [1.29, 1.82) is 0 Å². The first-order chi connectivity index (χ1) is 8.16. The zero-order chi connectivity index (χ0) is 12.3. The summed E-state index contributed by atoms with van der Waals surface area (Å²) in [6, 6.07) is 5.21. The third-order valence-corrected chi connectivity index (χ3v) is 3.03. The van der Waals surface area contributed by atoms with E-state index in [1.54, 1.807) is 6.07 Å². The number of carbonyl (C=O) groups is 1. The van der Waals surface area contributed by atoms with Crippen LogP contribution < -0.4 is 11.1 Å². The van der Waals surface area contributed by atoms with Crippen LogP contribution in [0.2, 0.25) is 5.15 Å². The Morgan fingerprint density at radius 1 is 1.65 bits per heavy atom. The predicted octanol–water partition coefficient (Wildman–Crippen LogP) is -0.00590. The monoisotopic (exact) mass is 254 g/mol. The SMILES string of the molecule is NC(=O)C1CNCCN1Cc1cccc(Cl)n1. The van der Waals surface area contributed by atoms with E-state index in [4.69, 9.17) is 17.3 Å². The summed E-state index contributed by atoms with van der Waals surface area (Å²) in [5, 5.41) is 3.62. The molecule has 2 rings (SSSR count). The molecule has 0 aromatic carbocycles. The van der Waals surface area contributed by atoms with E-state index >= 15 is 0 Å². The molecule has 5 nitrogen and oxygen atoms in total. The second-order valence-electron chi connectivity index (χ2n) is 4.04. The lowest BCUT2D eigenvalue weighted by Gasteiger charge is -2.33. The molecule has 0 aliphatic carbocycles. The van der Waals surface area contributed by atoms with Crippen LogP contribution in [0.4, 0.5) is 0 Å². The zero-order valence-electron chi connectivity index (χ0n) is 9.40. The van der Waals surface area contributed by atoms with E-state index in [1.807, 2.05) is 17.0 Å². The van der Waals surface area contributed by atoms with E-state index in [2.05, 4.69) is 10.3 Å². The number of nitrogens with two attached hydrogens (primary N) is 1. The number of nitrogens with zero attached hydrogens (tertiary/aromatic N) is 2. The number of rotatable bonds is 3. The Labute approximate surface area is 105 Å². The van der Waals surface area contributed by atoms with Crippen LogP contribution in [0.1, 0.15) is 5.69 Å². The highest BCUT2D eigenvalue weighted by Crippen LogP contribution is 2.11. The van der Waals surface area contributed by atoms with Gasteiger partial charge in [0, 0.05) is 26.2 Å². The third kappa shape index (κ3) is 3.15. The number of amides is 1. The Kier molecular flexibility index (Phi) is 3.93. The van der Waals surface area contributed by atoms with Crippen LogP contribution in [0.15, 0.2) is 18.2 Å². The molecule has 1 aliphatic rings. The summed E-state index contributed by atoms with van der Waals surface area (Å²) in [7, 11) is 0. The van der Waals surface area contributed by atoms with Gasteiger partial charge in [-0.1, -0.05) is 17.7 Å². The van der Waals surface area contributed by atoms with Gasteiger partial charge in [-0.25, -0.2) is 4.98 Å². The molecule has 1 unspecified atom stereocenters. The highest BCUT2D eigenvalue weighted by atomic mass is 35.5. The molecular weight excluding hydrogens is 240 g/mol. The lowest BCUT2D eigenvalue weighted by molar-refractivity contribution is -0.124. The van der Waals surface area contributed by atoms with Crippen LogP contribution in [0.25, 0.3) is 0 Å². The summed E-state index contributed by atoms with van der Waals surface area (Å²) in [4.78, 5) is 17.6. The molecule has 17 heavy (non-hydrogen) atoms. The highest BCUT2D eigenvalue weighted by molar-refractivity contribution is 6.29. The smallest absolute Gasteiger partial charge is 0.236 e. The topological polar surface area (TPSA) is 71.2 Å². The summed E-state index contributed by atoms with van der Waals surface area (Å²) in [5.74, 6) is -0.306. The first-order valence-electron chi connectivity index (χ1n) is 5.52. The van der Waals surface area contributed by atoms with Crippen LogP contribution in [-0.4, -0.2) is 41.5 Å². The van der Waals surface area contributed by atoms with E-state index in [-0.39, 0.29) is 11.9 Å². The molecule has 1 aliphatic heterocycles. The maximum atomic E-state index is 11.3. The maximum Gasteiger partial charge on any atom is 0.236 e. The van der Waals surface area contributed by atoms with Crippen LogP contribution in [-0.2, 0) is 11.3 Å². The van der Waals surface area contributed by atoms with Gasteiger partial charge in [0.1, 0.15) is 11.2 Å². The molecular formula is C11H15ClN4O. The number of piperazine rings is 1. The minimum atomic E-state index is -0.306. The van der Waals surface area contributed by atoms with Crippen LogP contribution in [0, 0.1) is 0 Å². The molecule has 2 heterocycles. The molecule has 0 radical (unpaired) electrons. The van der Waals surface area contributed by atoms with Gasteiger partial charge in [-0.2, -0.15) is 0 Å². The standard InChI is InChI=1S/C11H15ClN4O/c12-10-3-1-2-8(15-10)7-16-5-4-14-6-9(16)11(13)17/h1-3,9,14H,4-7H2,(H2,13,17). The Bertz CT molecular complexity index is 412. The van der Waals surface area contributed by atoms with Gasteiger partial charge in [0.2, 0.25) is 5.91 Å². The van der Waals surface area contributed by atoms with Gasteiger partial charge in [-0.15, -0.1) is 0 Å². The van der Waals surface area contributed by atoms with Crippen LogP contribution >= 0.6 is 11.6 Å². The van der Waals surface area contributed by atoms with Gasteiger partial charge in [-0.05, 0) is 12.1 Å².